The molecule has 18 heavy (non-hydrogen) atoms. The van der Waals surface area contributed by atoms with E-state index in [1.807, 2.05) is 23.7 Å². The largest absolute Gasteiger partial charge is 0.320 e. The Morgan fingerprint density at radius 3 is 3.06 bits per heavy atom. The molecule has 1 amide bonds. The van der Waals surface area contributed by atoms with E-state index in [9.17, 15) is 4.79 Å². The molecule has 1 aliphatic heterocycles. The number of fused-ring (bicyclic) bond motifs is 1. The molecule has 1 aromatic carbocycles. The number of hydrogen-bond donors (Lipinski definition) is 1. The molecule has 0 spiro atoms. The molecule has 3 nitrogen and oxygen atoms in total. The lowest BCUT2D eigenvalue weighted by molar-refractivity contribution is -0.116. The first-order valence-electron chi connectivity index (χ1n) is 6.41. The van der Waals surface area contributed by atoms with E-state index in [-0.39, 0.29) is 5.91 Å². The Balaban J connectivity index is 1.99. The van der Waals surface area contributed by atoms with E-state index in [0.29, 0.717) is 0 Å². The minimum Gasteiger partial charge on any atom is -0.320 e. The number of hydrogen-bond acceptors (Lipinski definition) is 3. The molecule has 0 aromatic heterocycles. The molecule has 1 N–H and O–H groups in total. The van der Waals surface area contributed by atoms with Crippen LogP contribution in [0.4, 0.5) is 5.69 Å². The second-order valence-electron chi connectivity index (χ2n) is 4.52. The standard InChI is InChI=1S/C14H20N2OS/c1-11(17)16-8-6-12-10-13(4-5-14(12)16)18-9-3-7-15-2/h4-5,10,15H,3,6-9H2,1-2H3. The number of benzene rings is 1. The maximum Gasteiger partial charge on any atom is 0.223 e. The summed E-state index contributed by atoms with van der Waals surface area (Å²) in [5, 5.41) is 3.16. The Labute approximate surface area is 113 Å². The molecule has 0 saturated heterocycles. The predicted octanol–water partition coefficient (Wildman–Crippen LogP) is 2.30. The van der Waals surface area contributed by atoms with Gasteiger partial charge >= 0.3 is 0 Å². The van der Waals surface area contributed by atoms with Crippen molar-refractivity contribution in [1.29, 1.82) is 0 Å². The number of carbonyl (C=O) groups excluding carboxylic acids is 1. The fourth-order valence-electron chi connectivity index (χ4n) is 2.23. The van der Waals surface area contributed by atoms with Crippen LogP contribution in [0.25, 0.3) is 0 Å². The zero-order chi connectivity index (χ0) is 13.0. The Bertz CT molecular complexity index is 434. The lowest BCUT2D eigenvalue weighted by atomic mass is 10.2. The van der Waals surface area contributed by atoms with E-state index in [4.69, 9.17) is 0 Å². The van der Waals surface area contributed by atoms with Crippen molar-refractivity contribution in [2.45, 2.75) is 24.7 Å². The summed E-state index contributed by atoms with van der Waals surface area (Å²) in [5.41, 5.74) is 2.41. The molecule has 98 valence electrons. The van der Waals surface area contributed by atoms with E-state index >= 15 is 0 Å². The van der Waals surface area contributed by atoms with Crippen molar-refractivity contribution in [3.8, 4) is 0 Å². The van der Waals surface area contributed by atoms with Gasteiger partial charge in [-0.05, 0) is 55.9 Å². The first-order chi connectivity index (χ1) is 8.72. The van der Waals surface area contributed by atoms with Crippen LogP contribution in [-0.2, 0) is 11.2 Å². The molecule has 0 fully saturated rings. The van der Waals surface area contributed by atoms with Gasteiger partial charge in [-0.1, -0.05) is 0 Å². The number of nitrogens with one attached hydrogen (secondary N) is 1. The Morgan fingerprint density at radius 2 is 2.33 bits per heavy atom. The third kappa shape index (κ3) is 3.06. The summed E-state index contributed by atoms with van der Waals surface area (Å²) in [6, 6.07) is 6.45. The first-order valence-corrected chi connectivity index (χ1v) is 7.39. The first kappa shape index (κ1) is 13.4. The fraction of sp³-hybridized carbons (Fsp3) is 0.500. The average Bonchev–Trinajstić information content (AvgIpc) is 2.77. The third-order valence-electron chi connectivity index (χ3n) is 3.17. The summed E-state index contributed by atoms with van der Waals surface area (Å²) in [6.45, 7) is 3.53. The smallest absolute Gasteiger partial charge is 0.223 e. The molecular weight excluding hydrogens is 244 g/mol. The van der Waals surface area contributed by atoms with Crippen LogP contribution in [0, 0.1) is 0 Å². The summed E-state index contributed by atoms with van der Waals surface area (Å²) in [7, 11) is 1.98. The van der Waals surface area contributed by atoms with Gasteiger partial charge in [0.15, 0.2) is 0 Å². The third-order valence-corrected chi connectivity index (χ3v) is 4.25. The van der Waals surface area contributed by atoms with Crippen molar-refractivity contribution in [1.82, 2.24) is 5.32 Å². The number of rotatable bonds is 5. The van der Waals surface area contributed by atoms with Gasteiger partial charge in [0.2, 0.25) is 5.91 Å². The van der Waals surface area contributed by atoms with Crippen LogP contribution in [0.5, 0.6) is 0 Å². The molecule has 0 aliphatic carbocycles. The monoisotopic (exact) mass is 264 g/mol. The summed E-state index contributed by atoms with van der Waals surface area (Å²) < 4.78 is 0. The molecule has 4 heteroatoms. The highest BCUT2D eigenvalue weighted by Crippen LogP contribution is 2.32. The van der Waals surface area contributed by atoms with Crippen LogP contribution in [0.1, 0.15) is 18.9 Å². The van der Waals surface area contributed by atoms with Crippen LogP contribution in [0.15, 0.2) is 23.1 Å². The van der Waals surface area contributed by atoms with E-state index in [1.54, 1.807) is 6.92 Å². The molecular formula is C14H20N2OS. The quantitative estimate of drug-likeness (QED) is 0.654. The van der Waals surface area contributed by atoms with Crippen LogP contribution < -0.4 is 10.2 Å². The van der Waals surface area contributed by atoms with Crippen molar-refractivity contribution in [3.63, 3.8) is 0 Å². The number of nitrogens with zero attached hydrogens (tertiary/aromatic N) is 1. The van der Waals surface area contributed by atoms with Gasteiger partial charge in [-0.15, -0.1) is 11.8 Å². The molecule has 0 saturated carbocycles. The molecule has 0 radical (unpaired) electrons. The Kier molecular flexibility index (Phi) is 4.66. The van der Waals surface area contributed by atoms with Gasteiger partial charge in [0.05, 0.1) is 0 Å². The SMILES string of the molecule is CNCCCSc1ccc2c(c1)CCN2C(C)=O. The lowest BCUT2D eigenvalue weighted by Crippen LogP contribution is -2.25. The zero-order valence-corrected chi connectivity index (χ0v) is 11.8. The maximum atomic E-state index is 11.5. The minimum absolute atomic E-state index is 0.142. The number of anilines is 1. The second kappa shape index (κ2) is 6.25. The Hall–Kier alpha value is -1.00. The summed E-state index contributed by atoms with van der Waals surface area (Å²) in [5.74, 6) is 1.28. The summed E-state index contributed by atoms with van der Waals surface area (Å²) in [4.78, 5) is 14.6. The molecule has 1 aliphatic rings. The maximum absolute atomic E-state index is 11.5. The van der Waals surface area contributed by atoms with Crippen LogP contribution in [0.3, 0.4) is 0 Å². The predicted molar refractivity (Wildman–Crippen MR) is 77.4 cm³/mol. The summed E-state index contributed by atoms with van der Waals surface area (Å²) >= 11 is 1.89. The van der Waals surface area contributed by atoms with Crippen molar-refractivity contribution in [2.75, 3.05) is 30.8 Å². The topological polar surface area (TPSA) is 32.3 Å². The van der Waals surface area contributed by atoms with Crippen LogP contribution in [0.2, 0.25) is 0 Å². The van der Waals surface area contributed by atoms with E-state index in [2.05, 4.69) is 23.5 Å². The lowest BCUT2D eigenvalue weighted by Gasteiger charge is -2.14. The normalized spacial score (nSPS) is 13.8. The second-order valence-corrected chi connectivity index (χ2v) is 5.69. The van der Waals surface area contributed by atoms with Crippen molar-refractivity contribution in [3.05, 3.63) is 23.8 Å². The number of thioether (sulfide) groups is 1. The highest BCUT2D eigenvalue weighted by Gasteiger charge is 2.21. The van der Waals surface area contributed by atoms with E-state index in [1.165, 1.54) is 16.9 Å². The number of carbonyl (C=O) groups is 1. The van der Waals surface area contributed by atoms with Crippen molar-refractivity contribution in [2.24, 2.45) is 0 Å². The van der Waals surface area contributed by atoms with Gasteiger partial charge < -0.3 is 10.2 Å². The van der Waals surface area contributed by atoms with E-state index < -0.39 is 0 Å². The van der Waals surface area contributed by atoms with Gasteiger partial charge in [-0.3, -0.25) is 4.79 Å². The number of amides is 1. The molecule has 0 atom stereocenters. The molecule has 2 rings (SSSR count). The molecule has 0 bridgehead atoms. The average molecular weight is 264 g/mol. The fourth-order valence-corrected chi connectivity index (χ4v) is 3.15. The van der Waals surface area contributed by atoms with Crippen molar-refractivity contribution < 1.29 is 4.79 Å². The van der Waals surface area contributed by atoms with Gasteiger partial charge in [-0.25, -0.2) is 0 Å². The zero-order valence-electron chi connectivity index (χ0n) is 11.0. The summed E-state index contributed by atoms with van der Waals surface area (Å²) in [6.07, 6.45) is 2.16. The molecule has 1 aromatic rings. The Morgan fingerprint density at radius 1 is 1.50 bits per heavy atom. The van der Waals surface area contributed by atoms with Gasteiger partial charge in [0.25, 0.3) is 0 Å². The van der Waals surface area contributed by atoms with Crippen LogP contribution >= 0.6 is 11.8 Å². The van der Waals surface area contributed by atoms with Gasteiger partial charge in [0.1, 0.15) is 0 Å². The van der Waals surface area contributed by atoms with Gasteiger partial charge in [-0.2, -0.15) is 0 Å². The van der Waals surface area contributed by atoms with Gasteiger partial charge in [0, 0.05) is 24.1 Å². The van der Waals surface area contributed by atoms with Crippen LogP contribution in [-0.4, -0.2) is 31.8 Å². The minimum atomic E-state index is 0.142. The van der Waals surface area contributed by atoms with Crippen molar-refractivity contribution >= 4 is 23.4 Å². The van der Waals surface area contributed by atoms with E-state index in [0.717, 1.165) is 31.0 Å². The highest BCUT2D eigenvalue weighted by atomic mass is 32.2. The molecule has 0 unspecified atom stereocenters. The highest BCUT2D eigenvalue weighted by molar-refractivity contribution is 7.99. The molecule has 1 heterocycles.